The Bertz CT molecular complexity index is 474. The van der Waals surface area contributed by atoms with Crippen LogP contribution in [0.3, 0.4) is 0 Å². The molecule has 2 aliphatic carbocycles. The average Bonchev–Trinajstić information content (AvgIpc) is 2.51. The lowest BCUT2D eigenvalue weighted by Crippen LogP contribution is -2.61. The molecule has 1 aromatic carbocycles. The summed E-state index contributed by atoms with van der Waals surface area (Å²) in [6.07, 6.45) is 6.48. The molecule has 0 spiro atoms. The summed E-state index contributed by atoms with van der Waals surface area (Å²) in [4.78, 5) is 0. The molecule has 1 saturated carbocycles. The fourth-order valence-electron chi connectivity index (χ4n) is 3.53. The van der Waals surface area contributed by atoms with Gasteiger partial charge in [-0.1, -0.05) is 13.0 Å². The molecule has 0 aromatic heterocycles. The van der Waals surface area contributed by atoms with Crippen molar-refractivity contribution in [1.82, 2.24) is 5.32 Å². The van der Waals surface area contributed by atoms with Crippen molar-refractivity contribution in [3.05, 3.63) is 29.3 Å². The third kappa shape index (κ3) is 3.24. The molecule has 0 aliphatic heterocycles. The number of aryl methyl sites for hydroxylation is 2. The van der Waals surface area contributed by atoms with Gasteiger partial charge in [-0.15, -0.1) is 0 Å². The summed E-state index contributed by atoms with van der Waals surface area (Å²) in [5.41, 5.74) is 2.99. The van der Waals surface area contributed by atoms with E-state index in [2.05, 4.69) is 37.4 Å². The average molecular weight is 289 g/mol. The Morgan fingerprint density at radius 1 is 1.14 bits per heavy atom. The molecule has 21 heavy (non-hydrogen) atoms. The maximum atomic E-state index is 6.19. The van der Waals surface area contributed by atoms with E-state index < -0.39 is 0 Å². The van der Waals surface area contributed by atoms with Crippen LogP contribution in [-0.2, 0) is 17.6 Å². The Balaban J connectivity index is 1.63. The van der Waals surface area contributed by atoms with Crippen LogP contribution in [0, 0.1) is 0 Å². The first-order valence-corrected chi connectivity index (χ1v) is 8.45. The minimum absolute atomic E-state index is 0.186. The van der Waals surface area contributed by atoms with Crippen LogP contribution in [0.15, 0.2) is 18.2 Å². The van der Waals surface area contributed by atoms with Gasteiger partial charge < -0.3 is 14.8 Å². The van der Waals surface area contributed by atoms with Crippen molar-refractivity contribution in [2.75, 3.05) is 13.2 Å². The number of benzene rings is 1. The Morgan fingerprint density at radius 2 is 1.95 bits per heavy atom. The quantitative estimate of drug-likeness (QED) is 0.873. The van der Waals surface area contributed by atoms with Gasteiger partial charge in [-0.2, -0.15) is 0 Å². The van der Waals surface area contributed by atoms with Crippen molar-refractivity contribution in [3.8, 4) is 5.75 Å². The zero-order valence-electron chi connectivity index (χ0n) is 13.2. The third-order valence-electron chi connectivity index (χ3n) is 4.68. The summed E-state index contributed by atoms with van der Waals surface area (Å²) in [6, 6.07) is 7.07. The van der Waals surface area contributed by atoms with Gasteiger partial charge in [0.25, 0.3) is 0 Å². The summed E-state index contributed by atoms with van der Waals surface area (Å²) in [5.74, 6) is 1.01. The molecule has 0 amide bonds. The number of rotatable bonds is 6. The Morgan fingerprint density at radius 3 is 2.71 bits per heavy atom. The standard InChI is InChI=1S/C18H27NO2/c1-3-19-16-12-17(18(16)20-4-2)21-15-10-9-13-7-5-6-8-14(13)11-15/h9-11,16-19H,3-8,12H2,1-2H3. The van der Waals surface area contributed by atoms with Crippen molar-refractivity contribution >= 4 is 0 Å². The number of hydrogen-bond donors (Lipinski definition) is 1. The molecule has 3 atom stereocenters. The predicted octanol–water partition coefficient (Wildman–Crippen LogP) is 3.10. The largest absolute Gasteiger partial charge is 0.488 e. The van der Waals surface area contributed by atoms with Crippen molar-refractivity contribution in [3.63, 3.8) is 0 Å². The number of nitrogens with one attached hydrogen (secondary N) is 1. The fourth-order valence-corrected chi connectivity index (χ4v) is 3.53. The Hall–Kier alpha value is -1.06. The van der Waals surface area contributed by atoms with Crippen LogP contribution < -0.4 is 10.1 Å². The minimum Gasteiger partial charge on any atom is -0.488 e. The highest BCUT2D eigenvalue weighted by Gasteiger charge is 2.43. The van der Waals surface area contributed by atoms with E-state index in [1.54, 1.807) is 0 Å². The van der Waals surface area contributed by atoms with E-state index in [-0.39, 0.29) is 12.2 Å². The Labute approximate surface area is 128 Å². The lowest BCUT2D eigenvalue weighted by molar-refractivity contribution is -0.104. The zero-order valence-corrected chi connectivity index (χ0v) is 13.2. The first kappa shape index (κ1) is 14.9. The topological polar surface area (TPSA) is 30.5 Å². The summed E-state index contributed by atoms with van der Waals surface area (Å²) in [6.45, 7) is 5.92. The molecule has 1 N–H and O–H groups in total. The van der Waals surface area contributed by atoms with E-state index in [1.165, 1.54) is 36.8 Å². The van der Waals surface area contributed by atoms with Gasteiger partial charge in [0.15, 0.2) is 0 Å². The summed E-state index contributed by atoms with van der Waals surface area (Å²) < 4.78 is 12.0. The second kappa shape index (κ2) is 6.80. The molecular formula is C18H27NO2. The maximum absolute atomic E-state index is 6.19. The zero-order chi connectivity index (χ0) is 14.7. The second-order valence-electron chi connectivity index (χ2n) is 6.11. The molecule has 3 rings (SSSR count). The monoisotopic (exact) mass is 289 g/mol. The lowest BCUT2D eigenvalue weighted by atomic mass is 9.85. The van der Waals surface area contributed by atoms with Crippen molar-refractivity contribution in [2.45, 2.75) is 64.2 Å². The number of likely N-dealkylation sites (N-methyl/N-ethyl adjacent to an activating group) is 1. The van der Waals surface area contributed by atoms with E-state index in [9.17, 15) is 0 Å². The van der Waals surface area contributed by atoms with Crippen molar-refractivity contribution in [2.24, 2.45) is 0 Å². The van der Waals surface area contributed by atoms with Gasteiger partial charge in [-0.05, 0) is 62.4 Å². The number of hydrogen-bond acceptors (Lipinski definition) is 3. The van der Waals surface area contributed by atoms with Crippen LogP contribution in [0.25, 0.3) is 0 Å². The normalized spacial score (nSPS) is 27.8. The first-order valence-electron chi connectivity index (χ1n) is 8.45. The molecule has 1 aromatic rings. The molecule has 3 unspecified atom stereocenters. The van der Waals surface area contributed by atoms with Gasteiger partial charge in [-0.3, -0.25) is 0 Å². The molecule has 1 fully saturated rings. The van der Waals surface area contributed by atoms with Gasteiger partial charge in [0.2, 0.25) is 0 Å². The molecule has 0 saturated heterocycles. The van der Waals surface area contributed by atoms with Gasteiger partial charge >= 0.3 is 0 Å². The highest BCUT2D eigenvalue weighted by molar-refractivity contribution is 5.37. The summed E-state index contributed by atoms with van der Waals surface area (Å²) >= 11 is 0. The van der Waals surface area contributed by atoms with E-state index in [1.807, 2.05) is 0 Å². The van der Waals surface area contributed by atoms with Crippen LogP contribution in [-0.4, -0.2) is 31.4 Å². The summed E-state index contributed by atoms with van der Waals surface area (Å²) in [5, 5.41) is 3.48. The van der Waals surface area contributed by atoms with Crippen LogP contribution >= 0.6 is 0 Å². The van der Waals surface area contributed by atoms with E-state index in [4.69, 9.17) is 9.47 Å². The van der Waals surface area contributed by atoms with Gasteiger partial charge in [0.1, 0.15) is 18.0 Å². The number of fused-ring (bicyclic) bond motifs is 1. The van der Waals surface area contributed by atoms with Crippen LogP contribution in [0.4, 0.5) is 0 Å². The lowest BCUT2D eigenvalue weighted by Gasteiger charge is -2.44. The molecule has 2 aliphatic rings. The van der Waals surface area contributed by atoms with E-state index >= 15 is 0 Å². The molecule has 0 radical (unpaired) electrons. The molecule has 3 heteroatoms. The highest BCUT2D eigenvalue weighted by atomic mass is 16.5. The summed E-state index contributed by atoms with van der Waals surface area (Å²) in [7, 11) is 0. The third-order valence-corrected chi connectivity index (χ3v) is 4.68. The fraction of sp³-hybridized carbons (Fsp3) is 0.667. The van der Waals surface area contributed by atoms with Gasteiger partial charge in [-0.25, -0.2) is 0 Å². The molecule has 3 nitrogen and oxygen atoms in total. The van der Waals surface area contributed by atoms with Gasteiger partial charge in [0, 0.05) is 19.1 Å². The van der Waals surface area contributed by atoms with Gasteiger partial charge in [0.05, 0.1) is 0 Å². The molecule has 116 valence electrons. The second-order valence-corrected chi connectivity index (χ2v) is 6.11. The number of ether oxygens (including phenoxy) is 2. The van der Waals surface area contributed by atoms with Crippen molar-refractivity contribution < 1.29 is 9.47 Å². The maximum Gasteiger partial charge on any atom is 0.128 e. The highest BCUT2D eigenvalue weighted by Crippen LogP contribution is 2.31. The smallest absolute Gasteiger partial charge is 0.128 e. The van der Waals surface area contributed by atoms with E-state index in [0.29, 0.717) is 6.04 Å². The van der Waals surface area contributed by atoms with Crippen LogP contribution in [0.1, 0.15) is 44.2 Å². The van der Waals surface area contributed by atoms with Crippen molar-refractivity contribution in [1.29, 1.82) is 0 Å². The Kier molecular flexibility index (Phi) is 4.81. The molecule has 0 bridgehead atoms. The van der Waals surface area contributed by atoms with E-state index in [0.717, 1.165) is 25.3 Å². The molecule has 0 heterocycles. The molecular weight excluding hydrogens is 262 g/mol. The predicted molar refractivity (Wildman–Crippen MR) is 85.0 cm³/mol. The SMILES string of the molecule is CCNC1CC(Oc2ccc3c(c2)CCCC3)C1OCC. The first-order chi connectivity index (χ1) is 10.3. The van der Waals surface area contributed by atoms with Crippen LogP contribution in [0.2, 0.25) is 0 Å². The van der Waals surface area contributed by atoms with Crippen LogP contribution in [0.5, 0.6) is 5.75 Å². The minimum atomic E-state index is 0.186.